The smallest absolute Gasteiger partial charge is 0.248 e. The molecule has 2 heterocycles. The first-order valence-electron chi connectivity index (χ1n) is 11.1. The van der Waals surface area contributed by atoms with Gasteiger partial charge in [-0.3, -0.25) is 4.79 Å². The van der Waals surface area contributed by atoms with Crippen molar-refractivity contribution in [1.82, 2.24) is 9.46 Å². The van der Waals surface area contributed by atoms with Crippen molar-refractivity contribution < 1.29 is 22.1 Å². The van der Waals surface area contributed by atoms with E-state index in [1.165, 1.54) is 22.5 Å². The number of benzene rings is 2. The second-order valence-corrected chi connectivity index (χ2v) is 11.0. The molecule has 0 spiro atoms. The van der Waals surface area contributed by atoms with Crippen molar-refractivity contribution in [1.29, 1.82) is 0 Å². The lowest BCUT2D eigenvalue weighted by atomic mass is 9.99. The number of anilines is 1. The highest BCUT2D eigenvalue weighted by Crippen LogP contribution is 2.30. The van der Waals surface area contributed by atoms with E-state index in [2.05, 4.69) is 10.5 Å². The standard InChI is InChI=1S/C25H26FN3O4S2/c1-17-24(23(33-28-17)13-12-18-7-3-4-11-22(18)26)35(31,32)29-14-6-8-19(16-29)25(30)27-20-9-5-10-21(15-20)34-2/h3-5,7,9-13,15,19H,6,8,14,16H2,1-2H3,(H,27,30). The van der Waals surface area contributed by atoms with Crippen LogP contribution >= 0.6 is 11.8 Å². The van der Waals surface area contributed by atoms with Crippen molar-refractivity contribution in [2.75, 3.05) is 24.7 Å². The van der Waals surface area contributed by atoms with Gasteiger partial charge in [-0.1, -0.05) is 29.4 Å². The topological polar surface area (TPSA) is 92.5 Å². The van der Waals surface area contributed by atoms with E-state index in [1.54, 1.807) is 36.9 Å². The molecule has 1 amide bonds. The number of sulfonamides is 1. The number of rotatable bonds is 7. The number of amides is 1. The van der Waals surface area contributed by atoms with E-state index in [0.29, 0.717) is 24.1 Å². The van der Waals surface area contributed by atoms with Crippen molar-refractivity contribution in [3.8, 4) is 0 Å². The molecule has 10 heteroatoms. The van der Waals surface area contributed by atoms with Crippen molar-refractivity contribution in [3.63, 3.8) is 0 Å². The summed E-state index contributed by atoms with van der Waals surface area (Å²) < 4.78 is 47.7. The highest BCUT2D eigenvalue weighted by atomic mass is 32.2. The van der Waals surface area contributed by atoms with Gasteiger partial charge < -0.3 is 9.84 Å². The first-order chi connectivity index (χ1) is 16.8. The molecule has 0 bridgehead atoms. The van der Waals surface area contributed by atoms with Gasteiger partial charge in [0, 0.05) is 29.2 Å². The van der Waals surface area contributed by atoms with Crippen LogP contribution in [-0.4, -0.2) is 43.1 Å². The van der Waals surface area contributed by atoms with Crippen LogP contribution in [0.1, 0.15) is 29.9 Å². The lowest BCUT2D eigenvalue weighted by Gasteiger charge is -2.31. The summed E-state index contributed by atoms with van der Waals surface area (Å²) in [6.45, 7) is 1.89. The second kappa shape index (κ2) is 10.8. The Morgan fingerprint density at radius 3 is 2.80 bits per heavy atom. The largest absolute Gasteiger partial charge is 0.355 e. The van der Waals surface area contributed by atoms with Crippen molar-refractivity contribution in [3.05, 3.63) is 71.4 Å². The molecule has 7 nitrogen and oxygen atoms in total. The Hall–Kier alpha value is -2.95. The normalized spacial score (nSPS) is 17.1. The molecule has 1 N–H and O–H groups in total. The van der Waals surface area contributed by atoms with E-state index in [1.807, 2.05) is 30.5 Å². The van der Waals surface area contributed by atoms with Crippen LogP contribution in [-0.2, 0) is 14.8 Å². The molecule has 4 rings (SSSR count). The Labute approximate surface area is 208 Å². The fourth-order valence-corrected chi connectivity index (χ4v) is 6.26. The van der Waals surface area contributed by atoms with Crippen molar-refractivity contribution in [2.45, 2.75) is 29.6 Å². The maximum Gasteiger partial charge on any atom is 0.248 e. The number of aryl methyl sites for hydroxylation is 1. The number of halogens is 1. The summed E-state index contributed by atoms with van der Waals surface area (Å²) >= 11 is 1.57. The molecule has 1 aromatic heterocycles. The number of hydrogen-bond donors (Lipinski definition) is 1. The molecule has 0 radical (unpaired) electrons. The molecule has 0 saturated carbocycles. The highest BCUT2D eigenvalue weighted by Gasteiger charge is 2.37. The zero-order valence-electron chi connectivity index (χ0n) is 19.4. The van der Waals surface area contributed by atoms with Gasteiger partial charge in [0.25, 0.3) is 0 Å². The third-order valence-electron chi connectivity index (χ3n) is 5.84. The van der Waals surface area contributed by atoms with Gasteiger partial charge in [-0.25, -0.2) is 12.8 Å². The van der Waals surface area contributed by atoms with Crippen molar-refractivity contribution >= 4 is 45.5 Å². The predicted molar refractivity (Wildman–Crippen MR) is 135 cm³/mol. The number of hydrogen-bond acceptors (Lipinski definition) is 6. The summed E-state index contributed by atoms with van der Waals surface area (Å²) in [5, 5.41) is 6.74. The Morgan fingerprint density at radius 2 is 2.03 bits per heavy atom. The van der Waals surface area contributed by atoms with Crippen LogP contribution in [0.4, 0.5) is 10.1 Å². The fraction of sp³-hybridized carbons (Fsp3) is 0.280. The molecule has 2 aromatic carbocycles. The number of nitrogens with one attached hydrogen (secondary N) is 1. The van der Waals surface area contributed by atoms with Gasteiger partial charge in [-0.15, -0.1) is 11.8 Å². The highest BCUT2D eigenvalue weighted by molar-refractivity contribution is 7.98. The van der Waals surface area contributed by atoms with E-state index >= 15 is 0 Å². The molecule has 1 aliphatic heterocycles. The first kappa shape index (κ1) is 25.2. The number of nitrogens with zero attached hydrogens (tertiary/aromatic N) is 2. The monoisotopic (exact) mass is 515 g/mol. The van der Waals surface area contributed by atoms with Crippen molar-refractivity contribution in [2.24, 2.45) is 5.92 Å². The number of carbonyl (C=O) groups excluding carboxylic acids is 1. The SMILES string of the molecule is CSc1cccc(NC(=O)C2CCCN(S(=O)(=O)c3c(C)noc3C=Cc3ccccc3F)C2)c1. The van der Waals surface area contributed by atoms with Gasteiger partial charge in [0.2, 0.25) is 15.9 Å². The summed E-state index contributed by atoms with van der Waals surface area (Å²) in [7, 11) is -4.00. The Balaban J connectivity index is 1.53. The summed E-state index contributed by atoms with van der Waals surface area (Å²) in [5.41, 5.74) is 1.18. The van der Waals surface area contributed by atoms with Gasteiger partial charge in [0.15, 0.2) is 10.7 Å². The predicted octanol–water partition coefficient (Wildman–Crippen LogP) is 5.05. The second-order valence-electron chi connectivity index (χ2n) is 8.24. The van der Waals surface area contributed by atoms with E-state index in [4.69, 9.17) is 4.52 Å². The molecular weight excluding hydrogens is 489 g/mol. The lowest BCUT2D eigenvalue weighted by molar-refractivity contribution is -0.120. The fourth-order valence-electron chi connectivity index (χ4n) is 4.02. The maximum absolute atomic E-state index is 14.0. The van der Waals surface area contributed by atoms with Crippen LogP contribution in [0.3, 0.4) is 0 Å². The molecule has 0 aliphatic carbocycles. The average Bonchev–Trinajstić information content (AvgIpc) is 3.24. The van der Waals surface area contributed by atoms with Gasteiger partial charge >= 0.3 is 0 Å². The molecule has 1 aliphatic rings. The quantitative estimate of drug-likeness (QED) is 0.443. The van der Waals surface area contributed by atoms with E-state index in [0.717, 1.165) is 4.90 Å². The zero-order valence-corrected chi connectivity index (χ0v) is 21.0. The van der Waals surface area contributed by atoms with Gasteiger partial charge in [0.05, 0.1) is 5.92 Å². The summed E-state index contributed by atoms with van der Waals surface area (Å²) in [5.74, 6) is -1.12. The zero-order chi connectivity index (χ0) is 25.0. The Bertz CT molecular complexity index is 1350. The number of thioether (sulfide) groups is 1. The minimum absolute atomic E-state index is 0.0196. The lowest BCUT2D eigenvalue weighted by Crippen LogP contribution is -2.43. The average molecular weight is 516 g/mol. The van der Waals surface area contributed by atoms with E-state index in [9.17, 15) is 17.6 Å². The van der Waals surface area contributed by atoms with Crippen LogP contribution in [0.15, 0.2) is 62.8 Å². The molecular formula is C25H26FN3O4S2. The number of aromatic nitrogens is 1. The molecule has 1 unspecified atom stereocenters. The van der Waals surface area contributed by atoms with Crippen LogP contribution in [0.5, 0.6) is 0 Å². The van der Waals surface area contributed by atoms with E-state index < -0.39 is 21.8 Å². The van der Waals surface area contributed by atoms with Gasteiger partial charge in [-0.05, 0) is 62.4 Å². The molecule has 3 aromatic rings. The number of carbonyl (C=O) groups is 1. The first-order valence-corrected chi connectivity index (χ1v) is 13.8. The maximum atomic E-state index is 14.0. The molecule has 1 atom stereocenters. The van der Waals surface area contributed by atoms with Gasteiger partial charge in [0.1, 0.15) is 11.5 Å². The molecule has 1 fully saturated rings. The Kier molecular flexibility index (Phi) is 7.73. The summed E-state index contributed by atoms with van der Waals surface area (Å²) in [6.07, 6.45) is 5.94. The number of piperidine rings is 1. The van der Waals surface area contributed by atoms with E-state index in [-0.39, 0.29) is 35.3 Å². The molecule has 35 heavy (non-hydrogen) atoms. The van der Waals surface area contributed by atoms with Gasteiger partial charge in [-0.2, -0.15) is 4.31 Å². The van der Waals surface area contributed by atoms with Crippen LogP contribution in [0, 0.1) is 18.7 Å². The minimum atomic E-state index is -4.00. The summed E-state index contributed by atoms with van der Waals surface area (Å²) in [4.78, 5) is 13.9. The third kappa shape index (κ3) is 5.66. The molecule has 1 saturated heterocycles. The Morgan fingerprint density at radius 1 is 1.23 bits per heavy atom. The van der Waals surface area contributed by atoms with Crippen LogP contribution in [0.25, 0.3) is 12.2 Å². The minimum Gasteiger partial charge on any atom is -0.355 e. The van der Waals surface area contributed by atoms with Crippen LogP contribution in [0.2, 0.25) is 0 Å². The van der Waals surface area contributed by atoms with Crippen LogP contribution < -0.4 is 5.32 Å². The summed E-state index contributed by atoms with van der Waals surface area (Å²) in [6, 6.07) is 13.7. The third-order valence-corrected chi connectivity index (χ3v) is 8.59. The molecule has 184 valence electrons.